The van der Waals surface area contributed by atoms with Crippen molar-refractivity contribution in [2.24, 2.45) is 0 Å². The van der Waals surface area contributed by atoms with Gasteiger partial charge in [0.25, 0.3) is 0 Å². The van der Waals surface area contributed by atoms with Gasteiger partial charge in [-0.3, -0.25) is 0 Å². The first-order valence-corrected chi connectivity index (χ1v) is 2.37. The van der Waals surface area contributed by atoms with Gasteiger partial charge in [0.1, 0.15) is 0 Å². The fourth-order valence-electron chi connectivity index (χ4n) is 0.0289. The zero-order valence-electron chi connectivity index (χ0n) is 5.92. The molecule has 0 fully saturated rings. The molecule has 9 heavy (non-hydrogen) atoms. The fraction of sp³-hybridized carbons (Fsp3) is 0.600. The van der Waals surface area contributed by atoms with Crippen LogP contribution in [0.3, 0.4) is 0 Å². The van der Waals surface area contributed by atoms with Gasteiger partial charge in [-0.15, -0.1) is 0 Å². The molecule has 0 aliphatic carbocycles. The van der Waals surface area contributed by atoms with Crippen molar-refractivity contribution < 1.29 is 0 Å². The molecule has 0 aliphatic heterocycles. The molecule has 0 aromatic carbocycles. The molecule has 0 atom stereocenters. The smallest absolute Gasteiger partial charge is 0.312 e. The van der Waals surface area contributed by atoms with E-state index in [4.69, 9.17) is 10.5 Å². The molecular formula is C5H9BN3. The lowest BCUT2D eigenvalue weighted by Crippen LogP contribution is -1.99. The lowest BCUT2D eigenvalue weighted by molar-refractivity contribution is 0.505. The molecule has 0 unspecified atom stereocenters. The largest absolute Gasteiger partial charge is 0.390 e. The summed E-state index contributed by atoms with van der Waals surface area (Å²) in [6.45, 7) is 0. The number of nitrogens with zero attached hydrogens (tertiary/aromatic N) is 3. The second kappa shape index (κ2) is 10.1. The SMILES string of the molecule is CN(C)C.N#C[B]C#N. The fourth-order valence-corrected chi connectivity index (χ4v) is 0.0289. The maximum Gasteiger partial charge on any atom is 0.390 e. The number of rotatable bonds is 0. The van der Waals surface area contributed by atoms with Gasteiger partial charge in [0, 0.05) is 11.9 Å². The molecule has 0 spiro atoms. The van der Waals surface area contributed by atoms with E-state index in [0.29, 0.717) is 0 Å². The molecule has 0 aromatic rings. The van der Waals surface area contributed by atoms with Crippen LogP contribution in [0.4, 0.5) is 0 Å². The van der Waals surface area contributed by atoms with E-state index in [9.17, 15) is 0 Å². The highest BCUT2D eigenvalue weighted by Gasteiger charge is 1.71. The molecule has 0 rings (SSSR count). The van der Waals surface area contributed by atoms with Gasteiger partial charge in [0.15, 0.2) is 0 Å². The first-order valence-electron chi connectivity index (χ1n) is 2.37. The Morgan fingerprint density at radius 3 is 1.33 bits per heavy atom. The number of hydrogen-bond donors (Lipinski definition) is 0. The average Bonchev–Trinajstić information content (AvgIpc) is 1.66. The van der Waals surface area contributed by atoms with Gasteiger partial charge >= 0.3 is 7.28 Å². The zero-order valence-corrected chi connectivity index (χ0v) is 5.92. The van der Waals surface area contributed by atoms with E-state index in [2.05, 4.69) is 0 Å². The molecule has 0 saturated heterocycles. The third-order valence-corrected chi connectivity index (χ3v) is 0.129. The average molecular weight is 122 g/mol. The third-order valence-electron chi connectivity index (χ3n) is 0.129. The standard InChI is InChI=1S/C3H9N.C2BN2/c1-4(2)3;4-1-3-2-5/h1-3H3;. The van der Waals surface area contributed by atoms with E-state index in [1.54, 1.807) is 0 Å². The Balaban J connectivity index is 0. The molecule has 1 radical (unpaired) electrons. The van der Waals surface area contributed by atoms with Gasteiger partial charge in [-0.1, -0.05) is 0 Å². The van der Waals surface area contributed by atoms with Crippen molar-refractivity contribution in [2.45, 2.75) is 0 Å². The quantitative estimate of drug-likeness (QED) is 0.419. The second-order valence-corrected chi connectivity index (χ2v) is 1.74. The highest BCUT2D eigenvalue weighted by atomic mass is 15.0. The molecular weight excluding hydrogens is 113 g/mol. The summed E-state index contributed by atoms with van der Waals surface area (Å²) in [7, 11) is 6.86. The summed E-state index contributed by atoms with van der Waals surface area (Å²) < 4.78 is 0. The van der Waals surface area contributed by atoms with Crippen molar-refractivity contribution in [1.82, 2.24) is 4.90 Å². The van der Waals surface area contributed by atoms with Gasteiger partial charge in [0.2, 0.25) is 0 Å². The van der Waals surface area contributed by atoms with Crippen molar-refractivity contribution in [3.63, 3.8) is 0 Å². The van der Waals surface area contributed by atoms with E-state index in [-0.39, 0.29) is 0 Å². The van der Waals surface area contributed by atoms with E-state index in [1.165, 1.54) is 11.9 Å². The van der Waals surface area contributed by atoms with Crippen molar-refractivity contribution in [2.75, 3.05) is 21.1 Å². The Bertz CT molecular complexity index is 104. The van der Waals surface area contributed by atoms with Crippen LogP contribution in [0.5, 0.6) is 0 Å². The first-order chi connectivity index (χ1) is 4.15. The van der Waals surface area contributed by atoms with Gasteiger partial charge in [-0.05, 0) is 21.1 Å². The topological polar surface area (TPSA) is 50.8 Å². The van der Waals surface area contributed by atoms with Crippen molar-refractivity contribution in [1.29, 1.82) is 10.5 Å². The Hall–Kier alpha value is -0.995. The van der Waals surface area contributed by atoms with Crippen molar-refractivity contribution in [3.05, 3.63) is 0 Å². The van der Waals surface area contributed by atoms with Gasteiger partial charge < -0.3 is 4.90 Å². The second-order valence-electron chi connectivity index (χ2n) is 1.74. The third kappa shape index (κ3) is 174. The summed E-state index contributed by atoms with van der Waals surface area (Å²) in [6, 6.07) is 0. The van der Waals surface area contributed by atoms with Crippen molar-refractivity contribution in [3.8, 4) is 11.9 Å². The number of hydrogen-bond acceptors (Lipinski definition) is 3. The molecule has 0 aromatic heterocycles. The minimum Gasteiger partial charge on any atom is -0.312 e. The molecule has 0 amide bonds. The molecule has 0 bridgehead atoms. The van der Waals surface area contributed by atoms with Gasteiger partial charge in [-0.25, -0.2) is 10.5 Å². The normalized spacial score (nSPS) is 6.00. The monoisotopic (exact) mass is 122 g/mol. The Kier molecular flexibility index (Phi) is 12.2. The molecule has 0 heterocycles. The summed E-state index contributed by atoms with van der Waals surface area (Å²) in [5, 5.41) is 15.1. The summed E-state index contributed by atoms with van der Waals surface area (Å²) in [5.41, 5.74) is 0. The summed E-state index contributed by atoms with van der Waals surface area (Å²) >= 11 is 0. The van der Waals surface area contributed by atoms with E-state index in [1.807, 2.05) is 26.0 Å². The van der Waals surface area contributed by atoms with Gasteiger partial charge in [-0.2, -0.15) is 0 Å². The molecule has 3 nitrogen and oxygen atoms in total. The minimum absolute atomic E-state index is 0.861. The van der Waals surface area contributed by atoms with Crippen LogP contribution in [-0.4, -0.2) is 33.3 Å². The van der Waals surface area contributed by atoms with E-state index in [0.717, 1.165) is 7.28 Å². The van der Waals surface area contributed by atoms with Crippen LogP contribution in [0, 0.1) is 22.5 Å². The Labute approximate surface area is 56.7 Å². The lowest BCUT2D eigenvalue weighted by atomic mass is 9.85. The molecule has 0 aliphatic rings. The lowest BCUT2D eigenvalue weighted by Gasteiger charge is -1.90. The molecule has 0 saturated carbocycles. The van der Waals surface area contributed by atoms with E-state index >= 15 is 0 Å². The van der Waals surface area contributed by atoms with Crippen LogP contribution in [0.1, 0.15) is 0 Å². The van der Waals surface area contributed by atoms with Crippen LogP contribution in [0.2, 0.25) is 0 Å². The van der Waals surface area contributed by atoms with Crippen LogP contribution in [-0.2, 0) is 0 Å². The highest BCUT2D eigenvalue weighted by Crippen LogP contribution is 1.47. The van der Waals surface area contributed by atoms with Gasteiger partial charge in [0.05, 0.1) is 0 Å². The molecule has 4 heteroatoms. The predicted molar refractivity (Wildman–Crippen MR) is 36.6 cm³/mol. The maximum atomic E-state index is 7.54. The van der Waals surface area contributed by atoms with Crippen LogP contribution >= 0.6 is 0 Å². The van der Waals surface area contributed by atoms with E-state index < -0.39 is 0 Å². The predicted octanol–water partition coefficient (Wildman–Crippen LogP) is -0.169. The molecule has 0 N–H and O–H groups in total. The molecule has 47 valence electrons. The first kappa shape index (κ1) is 10.9. The van der Waals surface area contributed by atoms with Crippen LogP contribution in [0.25, 0.3) is 0 Å². The highest BCUT2D eigenvalue weighted by molar-refractivity contribution is 6.53. The summed E-state index contributed by atoms with van der Waals surface area (Å²) in [5.74, 6) is 3.06. The number of nitriles is 2. The van der Waals surface area contributed by atoms with Crippen LogP contribution < -0.4 is 0 Å². The zero-order chi connectivity index (χ0) is 7.70. The summed E-state index contributed by atoms with van der Waals surface area (Å²) in [6.07, 6.45) is 0. The Morgan fingerprint density at radius 2 is 1.33 bits per heavy atom. The summed E-state index contributed by atoms with van der Waals surface area (Å²) in [4.78, 5) is 2.00. The van der Waals surface area contributed by atoms with Crippen molar-refractivity contribution >= 4 is 7.28 Å². The Morgan fingerprint density at radius 1 is 1.11 bits per heavy atom. The maximum absolute atomic E-state index is 7.54. The minimum atomic E-state index is 0.861. The van der Waals surface area contributed by atoms with Crippen LogP contribution in [0.15, 0.2) is 0 Å².